The SMILES string of the molecule is CNCCC(=O)N1CCN(CC(=O)NCCOC)CC1.Cl.Cl. The van der Waals surface area contributed by atoms with Crippen molar-refractivity contribution in [1.29, 1.82) is 0 Å². The minimum atomic E-state index is 0. The fraction of sp³-hybridized carbons (Fsp3) is 0.846. The molecule has 0 aromatic carbocycles. The Hall–Kier alpha value is -0.600. The maximum atomic E-state index is 11.8. The molecule has 0 radical (unpaired) electrons. The molecule has 1 saturated heterocycles. The number of hydrogen-bond donors (Lipinski definition) is 2. The second-order valence-corrected chi connectivity index (χ2v) is 4.85. The summed E-state index contributed by atoms with van der Waals surface area (Å²) in [5, 5.41) is 5.77. The first-order valence-corrected chi connectivity index (χ1v) is 7.07. The van der Waals surface area contributed by atoms with Crippen molar-refractivity contribution in [3.05, 3.63) is 0 Å². The van der Waals surface area contributed by atoms with Crippen LogP contribution in [0.25, 0.3) is 0 Å². The van der Waals surface area contributed by atoms with Crippen LogP contribution in [0.1, 0.15) is 6.42 Å². The van der Waals surface area contributed by atoms with E-state index in [1.165, 1.54) is 0 Å². The van der Waals surface area contributed by atoms with Crippen molar-refractivity contribution in [3.8, 4) is 0 Å². The zero-order chi connectivity index (χ0) is 14.8. The maximum absolute atomic E-state index is 11.8. The number of ether oxygens (including phenoxy) is 1. The molecular formula is C13H28Cl2N4O3. The topological polar surface area (TPSA) is 73.9 Å². The number of nitrogens with one attached hydrogen (secondary N) is 2. The Labute approximate surface area is 144 Å². The highest BCUT2D eigenvalue weighted by Gasteiger charge is 2.21. The lowest BCUT2D eigenvalue weighted by Gasteiger charge is -2.34. The number of carbonyl (C=O) groups is 2. The highest BCUT2D eigenvalue weighted by molar-refractivity contribution is 5.85. The quantitative estimate of drug-likeness (QED) is 0.564. The van der Waals surface area contributed by atoms with Crippen LogP contribution in [0.5, 0.6) is 0 Å². The number of amides is 2. The summed E-state index contributed by atoms with van der Waals surface area (Å²) in [6, 6.07) is 0. The van der Waals surface area contributed by atoms with Crippen LogP contribution in [-0.2, 0) is 14.3 Å². The molecule has 0 aromatic rings. The molecule has 1 rings (SSSR count). The Bertz CT molecular complexity index is 314. The number of piperazine rings is 1. The molecule has 0 saturated carbocycles. The highest BCUT2D eigenvalue weighted by atomic mass is 35.5. The molecule has 1 aliphatic rings. The summed E-state index contributed by atoms with van der Waals surface area (Å²) in [7, 11) is 3.45. The molecule has 0 unspecified atom stereocenters. The van der Waals surface area contributed by atoms with Gasteiger partial charge >= 0.3 is 0 Å². The fourth-order valence-electron chi connectivity index (χ4n) is 2.10. The van der Waals surface area contributed by atoms with E-state index >= 15 is 0 Å². The third-order valence-corrected chi connectivity index (χ3v) is 3.31. The molecule has 9 heteroatoms. The molecule has 2 amide bonds. The highest BCUT2D eigenvalue weighted by Crippen LogP contribution is 2.03. The molecule has 132 valence electrons. The van der Waals surface area contributed by atoms with Crippen molar-refractivity contribution in [3.63, 3.8) is 0 Å². The van der Waals surface area contributed by atoms with Crippen LogP contribution in [0, 0.1) is 0 Å². The number of halogens is 2. The lowest BCUT2D eigenvalue weighted by molar-refractivity contribution is -0.133. The number of nitrogens with zero attached hydrogens (tertiary/aromatic N) is 2. The number of hydrogen-bond acceptors (Lipinski definition) is 5. The Balaban J connectivity index is 0. The summed E-state index contributed by atoms with van der Waals surface area (Å²) < 4.78 is 4.88. The predicted molar refractivity (Wildman–Crippen MR) is 90.9 cm³/mol. The summed E-state index contributed by atoms with van der Waals surface area (Å²) in [6.45, 7) is 5.08. The standard InChI is InChI=1S/C13H26N4O3.2ClH/c1-14-4-3-13(19)17-8-6-16(7-9-17)11-12(18)15-5-10-20-2;;/h14H,3-11H2,1-2H3,(H,15,18);2*1H. The van der Waals surface area contributed by atoms with Gasteiger partial charge in [0.1, 0.15) is 0 Å². The van der Waals surface area contributed by atoms with E-state index < -0.39 is 0 Å². The van der Waals surface area contributed by atoms with E-state index in [0.717, 1.165) is 13.1 Å². The third kappa shape index (κ3) is 9.42. The van der Waals surface area contributed by atoms with Crippen LogP contribution in [0.2, 0.25) is 0 Å². The van der Waals surface area contributed by atoms with Gasteiger partial charge in [-0.3, -0.25) is 14.5 Å². The van der Waals surface area contributed by atoms with Gasteiger partial charge in [-0.25, -0.2) is 0 Å². The third-order valence-electron chi connectivity index (χ3n) is 3.31. The molecule has 1 heterocycles. The molecule has 22 heavy (non-hydrogen) atoms. The van der Waals surface area contributed by atoms with E-state index in [0.29, 0.717) is 45.8 Å². The Kier molecular flexibility index (Phi) is 15.1. The van der Waals surface area contributed by atoms with E-state index in [9.17, 15) is 9.59 Å². The molecule has 1 aliphatic heterocycles. The number of rotatable bonds is 8. The van der Waals surface area contributed by atoms with Crippen LogP contribution in [0.3, 0.4) is 0 Å². The average Bonchev–Trinajstić information content (AvgIpc) is 2.46. The second kappa shape index (κ2) is 14.0. The van der Waals surface area contributed by atoms with Crippen molar-refractivity contribution >= 4 is 36.6 Å². The average molecular weight is 359 g/mol. The van der Waals surface area contributed by atoms with E-state index in [2.05, 4.69) is 15.5 Å². The van der Waals surface area contributed by atoms with E-state index in [1.807, 2.05) is 11.9 Å². The second-order valence-electron chi connectivity index (χ2n) is 4.85. The lowest BCUT2D eigenvalue weighted by Crippen LogP contribution is -2.51. The number of methoxy groups -OCH3 is 1. The molecule has 2 N–H and O–H groups in total. The fourth-order valence-corrected chi connectivity index (χ4v) is 2.10. The van der Waals surface area contributed by atoms with Gasteiger partial charge in [-0.05, 0) is 7.05 Å². The van der Waals surface area contributed by atoms with Gasteiger partial charge in [-0.15, -0.1) is 24.8 Å². The first kappa shape index (κ1) is 23.7. The van der Waals surface area contributed by atoms with Crippen LogP contribution in [0.4, 0.5) is 0 Å². The molecule has 0 aliphatic carbocycles. The van der Waals surface area contributed by atoms with E-state index in [-0.39, 0.29) is 36.6 Å². The van der Waals surface area contributed by atoms with Crippen molar-refractivity contribution in [1.82, 2.24) is 20.4 Å². The normalized spacial score (nSPS) is 14.7. The summed E-state index contributed by atoms with van der Waals surface area (Å²) in [4.78, 5) is 27.4. The summed E-state index contributed by atoms with van der Waals surface area (Å²) in [5.41, 5.74) is 0. The van der Waals surface area contributed by atoms with Gasteiger partial charge < -0.3 is 20.3 Å². The summed E-state index contributed by atoms with van der Waals surface area (Å²) in [5.74, 6) is 0.195. The van der Waals surface area contributed by atoms with Crippen molar-refractivity contribution in [2.75, 3.05) is 66.6 Å². The van der Waals surface area contributed by atoms with Gasteiger partial charge in [0, 0.05) is 52.8 Å². The Morgan fingerprint density at radius 1 is 1.09 bits per heavy atom. The van der Waals surface area contributed by atoms with E-state index in [4.69, 9.17) is 4.74 Å². The van der Waals surface area contributed by atoms with Crippen molar-refractivity contribution < 1.29 is 14.3 Å². The lowest BCUT2D eigenvalue weighted by atomic mass is 10.2. The monoisotopic (exact) mass is 358 g/mol. The molecule has 1 fully saturated rings. The zero-order valence-electron chi connectivity index (χ0n) is 13.3. The predicted octanol–water partition coefficient (Wildman–Crippen LogP) is -0.654. The van der Waals surface area contributed by atoms with Gasteiger partial charge in [0.05, 0.1) is 13.2 Å². The number of carbonyl (C=O) groups excluding carboxylic acids is 2. The van der Waals surface area contributed by atoms with Gasteiger partial charge in [0.25, 0.3) is 0 Å². The smallest absolute Gasteiger partial charge is 0.234 e. The molecule has 7 nitrogen and oxygen atoms in total. The van der Waals surface area contributed by atoms with Gasteiger partial charge in [0.2, 0.25) is 11.8 Å². The molecule has 0 bridgehead atoms. The Morgan fingerprint density at radius 2 is 1.73 bits per heavy atom. The van der Waals surface area contributed by atoms with Crippen LogP contribution < -0.4 is 10.6 Å². The Morgan fingerprint density at radius 3 is 2.27 bits per heavy atom. The largest absolute Gasteiger partial charge is 0.383 e. The summed E-state index contributed by atoms with van der Waals surface area (Å²) >= 11 is 0. The van der Waals surface area contributed by atoms with Crippen LogP contribution >= 0.6 is 24.8 Å². The minimum Gasteiger partial charge on any atom is -0.383 e. The first-order chi connectivity index (χ1) is 9.67. The van der Waals surface area contributed by atoms with Crippen molar-refractivity contribution in [2.24, 2.45) is 0 Å². The molecule has 0 aromatic heterocycles. The van der Waals surface area contributed by atoms with Crippen LogP contribution in [-0.4, -0.2) is 88.2 Å². The summed E-state index contributed by atoms with van der Waals surface area (Å²) in [6.07, 6.45) is 0.536. The van der Waals surface area contributed by atoms with Crippen LogP contribution in [0.15, 0.2) is 0 Å². The zero-order valence-corrected chi connectivity index (χ0v) is 14.9. The molecular weight excluding hydrogens is 331 g/mol. The minimum absolute atomic E-state index is 0. The van der Waals surface area contributed by atoms with E-state index in [1.54, 1.807) is 7.11 Å². The molecule has 0 atom stereocenters. The first-order valence-electron chi connectivity index (χ1n) is 7.07. The maximum Gasteiger partial charge on any atom is 0.234 e. The van der Waals surface area contributed by atoms with Gasteiger partial charge in [0.15, 0.2) is 0 Å². The van der Waals surface area contributed by atoms with Crippen molar-refractivity contribution in [2.45, 2.75) is 6.42 Å². The van der Waals surface area contributed by atoms with Gasteiger partial charge in [-0.2, -0.15) is 0 Å². The molecule has 0 spiro atoms. The van der Waals surface area contributed by atoms with Gasteiger partial charge in [-0.1, -0.05) is 0 Å².